The molecule has 1 rings (SSSR count). The van der Waals surface area contributed by atoms with Gasteiger partial charge in [-0.2, -0.15) is 0 Å². The molecule has 0 saturated carbocycles. The summed E-state index contributed by atoms with van der Waals surface area (Å²) >= 11 is 0. The molecule has 1 atom stereocenters. The van der Waals surface area contributed by atoms with E-state index in [1.165, 1.54) is 12.8 Å². The maximum absolute atomic E-state index is 12.1. The number of ketones is 1. The van der Waals surface area contributed by atoms with Gasteiger partial charge < -0.3 is 4.74 Å². The smallest absolute Gasteiger partial charge is 0.135 e. The van der Waals surface area contributed by atoms with Gasteiger partial charge in [-0.1, -0.05) is 26.7 Å². The SMILES string of the molecule is CCCC(CCC)C(=O)CCCC1CCCO1. The number of carbonyl (C=O) groups is 1. The largest absolute Gasteiger partial charge is 0.378 e. The molecule has 0 bridgehead atoms. The summed E-state index contributed by atoms with van der Waals surface area (Å²) in [6.07, 6.45) is 10.1. The molecule has 0 N–H and O–H groups in total. The van der Waals surface area contributed by atoms with Gasteiger partial charge in [-0.3, -0.25) is 4.79 Å². The van der Waals surface area contributed by atoms with Crippen LogP contribution in [0.5, 0.6) is 0 Å². The summed E-state index contributed by atoms with van der Waals surface area (Å²) in [5, 5.41) is 0. The summed E-state index contributed by atoms with van der Waals surface area (Å²) in [5.74, 6) is 0.821. The predicted octanol–water partition coefficient (Wildman–Crippen LogP) is 4.12. The van der Waals surface area contributed by atoms with Crippen molar-refractivity contribution in [2.45, 2.75) is 77.7 Å². The van der Waals surface area contributed by atoms with Crippen molar-refractivity contribution in [3.8, 4) is 0 Å². The zero-order chi connectivity index (χ0) is 12.5. The zero-order valence-corrected chi connectivity index (χ0v) is 11.5. The number of Topliss-reactive ketones (excluding diaryl/α,β-unsaturated/α-hetero) is 1. The van der Waals surface area contributed by atoms with E-state index in [9.17, 15) is 4.79 Å². The van der Waals surface area contributed by atoms with Crippen molar-refractivity contribution in [3.63, 3.8) is 0 Å². The van der Waals surface area contributed by atoms with Crippen molar-refractivity contribution in [3.05, 3.63) is 0 Å². The molecule has 17 heavy (non-hydrogen) atoms. The number of carbonyl (C=O) groups excluding carboxylic acids is 1. The Morgan fingerprint density at radius 1 is 1.29 bits per heavy atom. The summed E-state index contributed by atoms with van der Waals surface area (Å²) in [6.45, 7) is 5.26. The highest BCUT2D eigenvalue weighted by atomic mass is 16.5. The molecule has 1 fully saturated rings. The van der Waals surface area contributed by atoms with Crippen LogP contribution in [0, 0.1) is 5.92 Å². The minimum atomic E-state index is 0.328. The van der Waals surface area contributed by atoms with Gasteiger partial charge in [0.2, 0.25) is 0 Å². The van der Waals surface area contributed by atoms with Gasteiger partial charge in [-0.15, -0.1) is 0 Å². The Morgan fingerprint density at radius 2 is 2.00 bits per heavy atom. The average molecular weight is 240 g/mol. The molecule has 2 nitrogen and oxygen atoms in total. The molecule has 1 unspecified atom stereocenters. The van der Waals surface area contributed by atoms with E-state index in [0.29, 0.717) is 17.8 Å². The summed E-state index contributed by atoms with van der Waals surface area (Å²) in [7, 11) is 0. The van der Waals surface area contributed by atoms with Crippen molar-refractivity contribution in [1.82, 2.24) is 0 Å². The highest BCUT2D eigenvalue weighted by Gasteiger charge is 2.18. The van der Waals surface area contributed by atoms with E-state index in [1.807, 2.05) is 0 Å². The Kier molecular flexibility index (Phi) is 7.50. The quantitative estimate of drug-likeness (QED) is 0.606. The number of hydrogen-bond donors (Lipinski definition) is 0. The van der Waals surface area contributed by atoms with E-state index >= 15 is 0 Å². The standard InChI is InChI=1S/C15H28O2/c1-3-7-13(8-4-2)15(16)11-5-9-14-10-6-12-17-14/h13-14H,3-12H2,1-2H3. The lowest BCUT2D eigenvalue weighted by Gasteiger charge is -2.14. The lowest BCUT2D eigenvalue weighted by molar-refractivity contribution is -0.123. The Morgan fingerprint density at radius 3 is 2.53 bits per heavy atom. The van der Waals surface area contributed by atoms with Gasteiger partial charge in [0.25, 0.3) is 0 Å². The van der Waals surface area contributed by atoms with Crippen molar-refractivity contribution in [2.75, 3.05) is 6.61 Å². The van der Waals surface area contributed by atoms with Gasteiger partial charge in [0.15, 0.2) is 0 Å². The molecule has 2 heteroatoms. The van der Waals surface area contributed by atoms with E-state index < -0.39 is 0 Å². The lowest BCUT2D eigenvalue weighted by Crippen LogP contribution is -2.15. The normalized spacial score (nSPS) is 20.1. The fourth-order valence-electron chi connectivity index (χ4n) is 2.74. The first-order valence-electron chi connectivity index (χ1n) is 7.42. The molecule has 1 heterocycles. The van der Waals surface area contributed by atoms with Crippen molar-refractivity contribution >= 4 is 5.78 Å². The molecule has 0 aliphatic carbocycles. The monoisotopic (exact) mass is 240 g/mol. The minimum Gasteiger partial charge on any atom is -0.378 e. The van der Waals surface area contributed by atoms with Crippen LogP contribution >= 0.6 is 0 Å². The van der Waals surface area contributed by atoms with E-state index in [2.05, 4.69) is 13.8 Å². The fraction of sp³-hybridized carbons (Fsp3) is 0.933. The minimum absolute atomic E-state index is 0.328. The highest BCUT2D eigenvalue weighted by Crippen LogP contribution is 2.21. The van der Waals surface area contributed by atoms with Crippen LogP contribution in [0.1, 0.15) is 71.6 Å². The number of hydrogen-bond acceptors (Lipinski definition) is 2. The third-order valence-electron chi connectivity index (χ3n) is 3.70. The molecule has 1 saturated heterocycles. The highest BCUT2D eigenvalue weighted by molar-refractivity contribution is 5.80. The van der Waals surface area contributed by atoms with Gasteiger partial charge in [-0.25, -0.2) is 0 Å². The summed E-state index contributed by atoms with van der Waals surface area (Å²) in [6, 6.07) is 0. The second-order valence-corrected chi connectivity index (χ2v) is 5.27. The molecular formula is C15H28O2. The van der Waals surface area contributed by atoms with Crippen LogP contribution < -0.4 is 0 Å². The molecule has 0 aromatic rings. The number of rotatable bonds is 9. The van der Waals surface area contributed by atoms with Crippen LogP contribution in [-0.4, -0.2) is 18.5 Å². The van der Waals surface area contributed by atoms with E-state index in [-0.39, 0.29) is 0 Å². The first-order valence-corrected chi connectivity index (χ1v) is 7.42. The summed E-state index contributed by atoms with van der Waals surface area (Å²) in [5.41, 5.74) is 0. The molecule has 0 aromatic heterocycles. The second kappa shape index (κ2) is 8.68. The van der Waals surface area contributed by atoms with Crippen LogP contribution in [0.4, 0.5) is 0 Å². The summed E-state index contributed by atoms with van der Waals surface area (Å²) < 4.78 is 5.58. The van der Waals surface area contributed by atoms with Crippen LogP contribution in [0.2, 0.25) is 0 Å². The third kappa shape index (κ3) is 5.67. The van der Waals surface area contributed by atoms with Crippen LogP contribution in [0.25, 0.3) is 0 Å². The third-order valence-corrected chi connectivity index (χ3v) is 3.70. The van der Waals surface area contributed by atoms with Crippen LogP contribution in [-0.2, 0) is 9.53 Å². The van der Waals surface area contributed by atoms with Crippen molar-refractivity contribution < 1.29 is 9.53 Å². The van der Waals surface area contributed by atoms with E-state index in [0.717, 1.165) is 51.6 Å². The van der Waals surface area contributed by atoms with E-state index in [1.54, 1.807) is 0 Å². The maximum Gasteiger partial charge on any atom is 0.135 e. The van der Waals surface area contributed by atoms with Gasteiger partial charge in [0, 0.05) is 18.9 Å². The lowest BCUT2D eigenvalue weighted by atomic mass is 9.90. The first-order chi connectivity index (χ1) is 8.27. The van der Waals surface area contributed by atoms with Gasteiger partial charge in [-0.05, 0) is 38.5 Å². The number of ether oxygens (including phenoxy) is 1. The van der Waals surface area contributed by atoms with Gasteiger partial charge >= 0.3 is 0 Å². The Balaban J connectivity index is 2.16. The summed E-state index contributed by atoms with van der Waals surface area (Å²) in [4.78, 5) is 12.1. The maximum atomic E-state index is 12.1. The molecule has 100 valence electrons. The van der Waals surface area contributed by atoms with Crippen LogP contribution in [0.15, 0.2) is 0 Å². The van der Waals surface area contributed by atoms with Gasteiger partial charge in [0.05, 0.1) is 6.10 Å². The Hall–Kier alpha value is -0.370. The van der Waals surface area contributed by atoms with Crippen molar-refractivity contribution in [1.29, 1.82) is 0 Å². The van der Waals surface area contributed by atoms with Gasteiger partial charge in [0.1, 0.15) is 5.78 Å². The fourth-order valence-corrected chi connectivity index (χ4v) is 2.74. The molecule has 0 radical (unpaired) electrons. The molecular weight excluding hydrogens is 212 g/mol. The molecule has 0 spiro atoms. The Labute approximate surface area is 106 Å². The van der Waals surface area contributed by atoms with E-state index in [4.69, 9.17) is 4.74 Å². The molecule has 1 aliphatic heterocycles. The molecule has 0 amide bonds. The zero-order valence-electron chi connectivity index (χ0n) is 11.5. The molecule has 1 aliphatic rings. The predicted molar refractivity (Wildman–Crippen MR) is 71.1 cm³/mol. The molecule has 0 aromatic carbocycles. The Bertz CT molecular complexity index is 201. The average Bonchev–Trinajstić information content (AvgIpc) is 2.81. The first kappa shape index (κ1) is 14.7. The van der Waals surface area contributed by atoms with Crippen LogP contribution in [0.3, 0.4) is 0 Å². The second-order valence-electron chi connectivity index (χ2n) is 5.27. The van der Waals surface area contributed by atoms with Crippen molar-refractivity contribution in [2.24, 2.45) is 5.92 Å². The topological polar surface area (TPSA) is 26.3 Å².